The van der Waals surface area contributed by atoms with E-state index in [1.54, 1.807) is 6.26 Å². The van der Waals surface area contributed by atoms with Crippen molar-refractivity contribution in [1.29, 1.82) is 0 Å². The molecular weight excluding hydrogens is 434 g/mol. The van der Waals surface area contributed by atoms with Gasteiger partial charge in [0.05, 0.1) is 18.6 Å². The van der Waals surface area contributed by atoms with E-state index in [1.807, 2.05) is 41.0 Å². The summed E-state index contributed by atoms with van der Waals surface area (Å²) in [5, 5.41) is 13.2. The third-order valence-electron chi connectivity index (χ3n) is 5.39. The van der Waals surface area contributed by atoms with Gasteiger partial charge in [-0.1, -0.05) is 42.4 Å². The molecule has 3 aromatic rings. The monoisotopic (exact) mass is 459 g/mol. The number of hydrogen-bond acceptors (Lipinski definition) is 6. The Kier molecular flexibility index (Phi) is 7.19. The Hall–Kier alpha value is -2.45. The number of amides is 1. The van der Waals surface area contributed by atoms with Gasteiger partial charge in [-0.25, -0.2) is 0 Å². The lowest BCUT2D eigenvalue weighted by Gasteiger charge is -2.31. The zero-order valence-corrected chi connectivity index (χ0v) is 19.0. The van der Waals surface area contributed by atoms with Gasteiger partial charge in [-0.15, -0.1) is 10.2 Å². The molecule has 1 amide bonds. The van der Waals surface area contributed by atoms with E-state index in [0.29, 0.717) is 23.3 Å². The van der Waals surface area contributed by atoms with Gasteiger partial charge in [0.25, 0.3) is 0 Å². The van der Waals surface area contributed by atoms with Crippen LogP contribution in [0.15, 0.2) is 52.2 Å². The first-order chi connectivity index (χ1) is 15.1. The van der Waals surface area contributed by atoms with E-state index in [2.05, 4.69) is 27.3 Å². The molecule has 9 heteroatoms. The van der Waals surface area contributed by atoms with Crippen molar-refractivity contribution in [2.45, 2.75) is 38.0 Å². The number of halogens is 1. The fraction of sp³-hybridized carbons (Fsp3) is 0.409. The zero-order chi connectivity index (χ0) is 21.6. The lowest BCUT2D eigenvalue weighted by Crippen LogP contribution is -2.35. The van der Waals surface area contributed by atoms with E-state index in [0.717, 1.165) is 49.1 Å². The SMILES string of the molecule is CC1CCN(c2nnc(SCC(=O)NCc3ccc(Cl)cc3)n2Cc2ccco2)CC1. The number of aromatic nitrogens is 3. The van der Waals surface area contributed by atoms with Crippen molar-refractivity contribution in [3.63, 3.8) is 0 Å². The van der Waals surface area contributed by atoms with Crippen molar-refractivity contribution in [2.24, 2.45) is 5.92 Å². The van der Waals surface area contributed by atoms with Gasteiger partial charge in [-0.05, 0) is 48.6 Å². The molecule has 2 aromatic heterocycles. The Morgan fingerprint density at radius 2 is 2.00 bits per heavy atom. The number of nitrogens with one attached hydrogen (secondary N) is 1. The molecule has 1 aromatic carbocycles. The molecule has 1 fully saturated rings. The number of carbonyl (C=O) groups is 1. The van der Waals surface area contributed by atoms with E-state index in [1.165, 1.54) is 11.8 Å². The molecule has 0 unspecified atom stereocenters. The Morgan fingerprint density at radius 1 is 1.23 bits per heavy atom. The first-order valence-corrected chi connectivity index (χ1v) is 11.8. The van der Waals surface area contributed by atoms with Crippen LogP contribution in [0.5, 0.6) is 0 Å². The number of carbonyl (C=O) groups excluding carboxylic acids is 1. The molecule has 0 spiro atoms. The topological polar surface area (TPSA) is 76.2 Å². The lowest BCUT2D eigenvalue weighted by molar-refractivity contribution is -0.118. The largest absolute Gasteiger partial charge is 0.467 e. The predicted molar refractivity (Wildman–Crippen MR) is 122 cm³/mol. The first kappa shape index (κ1) is 21.8. The molecule has 0 atom stereocenters. The molecule has 1 aliphatic heterocycles. The summed E-state index contributed by atoms with van der Waals surface area (Å²) in [6.07, 6.45) is 3.95. The van der Waals surface area contributed by atoms with Gasteiger partial charge >= 0.3 is 0 Å². The van der Waals surface area contributed by atoms with Gasteiger partial charge in [0.2, 0.25) is 11.9 Å². The van der Waals surface area contributed by atoms with Crippen LogP contribution >= 0.6 is 23.4 Å². The fourth-order valence-electron chi connectivity index (χ4n) is 3.51. The van der Waals surface area contributed by atoms with Crippen molar-refractivity contribution >= 4 is 35.2 Å². The van der Waals surface area contributed by atoms with Gasteiger partial charge in [0.15, 0.2) is 5.16 Å². The fourth-order valence-corrected chi connectivity index (χ4v) is 4.40. The summed E-state index contributed by atoms with van der Waals surface area (Å²) >= 11 is 7.29. The molecule has 0 saturated carbocycles. The average Bonchev–Trinajstić information content (AvgIpc) is 3.43. The van der Waals surface area contributed by atoms with Crippen molar-refractivity contribution in [1.82, 2.24) is 20.1 Å². The van der Waals surface area contributed by atoms with Crippen LogP contribution in [-0.4, -0.2) is 39.5 Å². The highest BCUT2D eigenvalue weighted by atomic mass is 35.5. The lowest BCUT2D eigenvalue weighted by atomic mass is 10.00. The Labute approximate surface area is 191 Å². The van der Waals surface area contributed by atoms with Gasteiger partial charge in [0.1, 0.15) is 5.76 Å². The van der Waals surface area contributed by atoms with Crippen LogP contribution < -0.4 is 10.2 Å². The summed E-state index contributed by atoms with van der Waals surface area (Å²) in [4.78, 5) is 14.7. The van der Waals surface area contributed by atoms with E-state index < -0.39 is 0 Å². The number of rotatable bonds is 8. The van der Waals surface area contributed by atoms with Crippen LogP contribution in [0.25, 0.3) is 0 Å². The normalized spacial score (nSPS) is 14.7. The second kappa shape index (κ2) is 10.2. The quantitative estimate of drug-likeness (QED) is 0.508. The highest BCUT2D eigenvalue weighted by molar-refractivity contribution is 7.99. The second-order valence-corrected chi connectivity index (χ2v) is 9.19. The van der Waals surface area contributed by atoms with Crippen LogP contribution in [0, 0.1) is 5.92 Å². The molecule has 0 radical (unpaired) electrons. The van der Waals surface area contributed by atoms with Crippen molar-refractivity contribution in [3.05, 3.63) is 59.0 Å². The Balaban J connectivity index is 1.40. The van der Waals surface area contributed by atoms with Crippen molar-refractivity contribution in [3.8, 4) is 0 Å². The molecule has 0 aliphatic carbocycles. The van der Waals surface area contributed by atoms with Crippen LogP contribution in [0.4, 0.5) is 5.95 Å². The second-order valence-electron chi connectivity index (χ2n) is 7.81. The molecule has 4 rings (SSSR count). The molecular formula is C22H26ClN5O2S. The van der Waals surface area contributed by atoms with Gasteiger partial charge in [0, 0.05) is 24.7 Å². The maximum absolute atomic E-state index is 12.4. The standard InChI is InChI=1S/C22H26ClN5O2S/c1-16-8-10-27(11-9-16)21-25-26-22(28(21)14-19-3-2-12-30-19)31-15-20(29)24-13-17-4-6-18(23)7-5-17/h2-7,12,16H,8-11,13-15H2,1H3,(H,24,29). The molecule has 3 heterocycles. The van der Waals surface area contributed by atoms with E-state index >= 15 is 0 Å². The zero-order valence-electron chi connectivity index (χ0n) is 17.5. The first-order valence-electron chi connectivity index (χ1n) is 10.4. The number of nitrogens with zero attached hydrogens (tertiary/aromatic N) is 4. The van der Waals surface area contributed by atoms with Crippen LogP contribution in [0.3, 0.4) is 0 Å². The molecule has 31 heavy (non-hydrogen) atoms. The molecule has 0 bridgehead atoms. The molecule has 1 N–H and O–H groups in total. The summed E-state index contributed by atoms with van der Waals surface area (Å²) in [7, 11) is 0. The van der Waals surface area contributed by atoms with Crippen LogP contribution in [0.1, 0.15) is 31.1 Å². The maximum Gasteiger partial charge on any atom is 0.230 e. The minimum absolute atomic E-state index is 0.0548. The van der Waals surface area contributed by atoms with Crippen LogP contribution in [0.2, 0.25) is 5.02 Å². The highest BCUT2D eigenvalue weighted by Crippen LogP contribution is 2.27. The number of anilines is 1. The van der Waals surface area contributed by atoms with E-state index in [4.69, 9.17) is 16.0 Å². The smallest absolute Gasteiger partial charge is 0.230 e. The minimum Gasteiger partial charge on any atom is -0.467 e. The maximum atomic E-state index is 12.4. The average molecular weight is 460 g/mol. The number of piperidine rings is 1. The summed E-state index contributed by atoms with van der Waals surface area (Å²) in [5.74, 6) is 2.62. The number of thioether (sulfide) groups is 1. The summed E-state index contributed by atoms with van der Waals surface area (Å²) in [6, 6.07) is 11.3. The van der Waals surface area contributed by atoms with Crippen LogP contribution in [-0.2, 0) is 17.9 Å². The van der Waals surface area contributed by atoms with E-state index in [9.17, 15) is 4.79 Å². The third kappa shape index (κ3) is 5.83. The van der Waals surface area contributed by atoms with Gasteiger partial charge in [-0.3, -0.25) is 9.36 Å². The van der Waals surface area contributed by atoms with Gasteiger partial charge < -0.3 is 14.6 Å². The van der Waals surface area contributed by atoms with Crippen molar-refractivity contribution in [2.75, 3.05) is 23.7 Å². The third-order valence-corrected chi connectivity index (χ3v) is 6.61. The number of benzene rings is 1. The molecule has 1 aliphatic rings. The highest BCUT2D eigenvalue weighted by Gasteiger charge is 2.23. The van der Waals surface area contributed by atoms with Crippen molar-refractivity contribution < 1.29 is 9.21 Å². The molecule has 164 valence electrons. The molecule has 7 nitrogen and oxygen atoms in total. The summed E-state index contributed by atoms with van der Waals surface area (Å²) < 4.78 is 7.60. The summed E-state index contributed by atoms with van der Waals surface area (Å²) in [6.45, 7) is 5.21. The minimum atomic E-state index is -0.0548. The van der Waals surface area contributed by atoms with Gasteiger partial charge in [-0.2, -0.15) is 0 Å². The summed E-state index contributed by atoms with van der Waals surface area (Å²) in [5.41, 5.74) is 1.00. The number of furan rings is 1. The predicted octanol–water partition coefficient (Wildman–Crippen LogP) is 4.22. The van der Waals surface area contributed by atoms with E-state index in [-0.39, 0.29) is 11.7 Å². The molecule has 1 saturated heterocycles. The Morgan fingerprint density at radius 3 is 2.71 bits per heavy atom. The number of hydrogen-bond donors (Lipinski definition) is 1. The Bertz CT molecular complexity index is 982.